The van der Waals surface area contributed by atoms with E-state index in [1.807, 2.05) is 31.5 Å². The molecule has 0 saturated heterocycles. The predicted molar refractivity (Wildman–Crippen MR) is 83.6 cm³/mol. The van der Waals surface area contributed by atoms with Crippen molar-refractivity contribution in [2.24, 2.45) is 0 Å². The maximum Gasteiger partial charge on any atom is 0.194 e. The Morgan fingerprint density at radius 1 is 1.35 bits per heavy atom. The smallest absolute Gasteiger partial charge is 0.194 e. The first-order valence-corrected chi connectivity index (χ1v) is 7.27. The third-order valence-electron chi connectivity index (χ3n) is 3.04. The van der Waals surface area contributed by atoms with E-state index < -0.39 is 0 Å². The van der Waals surface area contributed by atoms with Crippen molar-refractivity contribution in [2.75, 3.05) is 6.61 Å². The summed E-state index contributed by atoms with van der Waals surface area (Å²) in [5, 5.41) is 0. The average molecular weight is 284 g/mol. The Kier molecular flexibility index (Phi) is 3.32. The van der Waals surface area contributed by atoms with Gasteiger partial charge in [0.15, 0.2) is 4.96 Å². The molecule has 0 aliphatic heterocycles. The summed E-state index contributed by atoms with van der Waals surface area (Å²) in [4.78, 5) is 6.63. The number of rotatable bonds is 4. The van der Waals surface area contributed by atoms with Gasteiger partial charge in [-0.15, -0.1) is 11.3 Å². The lowest BCUT2D eigenvalue weighted by molar-refractivity contribution is 0.353. The number of nitrogens with zero attached hydrogens (tertiary/aromatic N) is 2. The number of aryl methyl sites for hydroxylation is 1. The van der Waals surface area contributed by atoms with Crippen molar-refractivity contribution in [1.82, 2.24) is 9.38 Å². The molecule has 2 heterocycles. The molecule has 3 rings (SSSR count). The van der Waals surface area contributed by atoms with Gasteiger partial charge < -0.3 is 4.74 Å². The minimum absolute atomic E-state index is 0.558. The standard InChI is InChI=1S/C16H16N2OS/c1-11(2)10-19-14-6-4-13(5-7-14)15-12(3)20-16-17-8-9-18(15)16/h4-9H,1,10H2,2-3H3. The Morgan fingerprint density at radius 2 is 2.10 bits per heavy atom. The molecular weight excluding hydrogens is 268 g/mol. The molecule has 20 heavy (non-hydrogen) atoms. The lowest BCUT2D eigenvalue weighted by Crippen LogP contribution is -1.97. The lowest BCUT2D eigenvalue weighted by Gasteiger charge is -2.07. The van der Waals surface area contributed by atoms with Crippen LogP contribution in [-0.4, -0.2) is 16.0 Å². The van der Waals surface area contributed by atoms with Gasteiger partial charge in [-0.05, 0) is 49.2 Å². The van der Waals surface area contributed by atoms with Gasteiger partial charge in [-0.3, -0.25) is 4.40 Å². The molecular formula is C16H16N2OS. The summed E-state index contributed by atoms with van der Waals surface area (Å²) in [5.41, 5.74) is 3.39. The Bertz CT molecular complexity index is 752. The molecule has 0 atom stereocenters. The van der Waals surface area contributed by atoms with Crippen LogP contribution in [0.15, 0.2) is 48.8 Å². The molecule has 102 valence electrons. The third-order valence-corrected chi connectivity index (χ3v) is 4.02. The highest BCUT2D eigenvalue weighted by Gasteiger charge is 2.11. The van der Waals surface area contributed by atoms with Crippen molar-refractivity contribution in [1.29, 1.82) is 0 Å². The largest absolute Gasteiger partial charge is 0.489 e. The maximum absolute atomic E-state index is 5.63. The first kappa shape index (κ1) is 12.9. The summed E-state index contributed by atoms with van der Waals surface area (Å²) in [7, 11) is 0. The van der Waals surface area contributed by atoms with Gasteiger partial charge >= 0.3 is 0 Å². The molecule has 0 aliphatic rings. The molecule has 3 nitrogen and oxygen atoms in total. The van der Waals surface area contributed by atoms with E-state index in [1.54, 1.807) is 11.3 Å². The minimum atomic E-state index is 0.558. The Hall–Kier alpha value is -2.07. The van der Waals surface area contributed by atoms with E-state index in [-0.39, 0.29) is 0 Å². The lowest BCUT2D eigenvalue weighted by atomic mass is 10.1. The fourth-order valence-corrected chi connectivity index (χ4v) is 3.10. The van der Waals surface area contributed by atoms with E-state index in [0.29, 0.717) is 6.61 Å². The van der Waals surface area contributed by atoms with Gasteiger partial charge in [0.1, 0.15) is 12.4 Å². The van der Waals surface area contributed by atoms with Crippen molar-refractivity contribution in [3.05, 3.63) is 53.7 Å². The number of ether oxygens (including phenoxy) is 1. The number of fused-ring (bicyclic) bond motifs is 1. The SMILES string of the molecule is C=C(C)COc1ccc(-c2c(C)sc3nccn23)cc1. The number of hydrogen-bond donors (Lipinski definition) is 0. The van der Waals surface area contributed by atoms with Gasteiger partial charge in [-0.1, -0.05) is 6.58 Å². The molecule has 0 N–H and O–H groups in total. The molecule has 0 saturated carbocycles. The van der Waals surface area contributed by atoms with Gasteiger partial charge in [0, 0.05) is 17.3 Å². The molecule has 0 radical (unpaired) electrons. The summed E-state index contributed by atoms with van der Waals surface area (Å²) in [6.07, 6.45) is 3.83. The second kappa shape index (κ2) is 5.13. The van der Waals surface area contributed by atoms with E-state index in [2.05, 4.69) is 35.0 Å². The summed E-state index contributed by atoms with van der Waals surface area (Å²) in [6.45, 7) is 8.47. The molecule has 3 aromatic rings. The zero-order valence-corrected chi connectivity index (χ0v) is 12.4. The normalized spacial score (nSPS) is 10.9. The number of benzene rings is 1. The van der Waals surface area contributed by atoms with Gasteiger partial charge in [0.25, 0.3) is 0 Å². The van der Waals surface area contributed by atoms with Crippen molar-refractivity contribution in [3.8, 4) is 17.0 Å². The second-order valence-corrected chi connectivity index (χ2v) is 6.04. The highest BCUT2D eigenvalue weighted by molar-refractivity contribution is 7.17. The van der Waals surface area contributed by atoms with Crippen molar-refractivity contribution >= 4 is 16.3 Å². The van der Waals surface area contributed by atoms with Crippen LogP contribution in [0.25, 0.3) is 16.2 Å². The predicted octanol–water partition coefficient (Wildman–Crippen LogP) is 4.33. The van der Waals surface area contributed by atoms with E-state index in [0.717, 1.165) is 16.3 Å². The van der Waals surface area contributed by atoms with Gasteiger partial charge in [-0.25, -0.2) is 4.98 Å². The van der Waals surface area contributed by atoms with Crippen LogP contribution >= 0.6 is 11.3 Å². The van der Waals surface area contributed by atoms with E-state index in [1.165, 1.54) is 16.1 Å². The van der Waals surface area contributed by atoms with Crippen LogP contribution in [0.3, 0.4) is 0 Å². The number of imidazole rings is 1. The zero-order valence-electron chi connectivity index (χ0n) is 11.6. The number of thiazole rings is 1. The Labute approximate surface area is 122 Å². The van der Waals surface area contributed by atoms with Crippen LogP contribution in [-0.2, 0) is 0 Å². The fourth-order valence-electron chi connectivity index (χ4n) is 2.15. The molecule has 1 aromatic carbocycles. The zero-order chi connectivity index (χ0) is 14.1. The quantitative estimate of drug-likeness (QED) is 0.667. The monoisotopic (exact) mass is 284 g/mol. The van der Waals surface area contributed by atoms with Crippen LogP contribution < -0.4 is 4.74 Å². The van der Waals surface area contributed by atoms with Crippen LogP contribution in [0.2, 0.25) is 0 Å². The van der Waals surface area contributed by atoms with Gasteiger partial charge in [-0.2, -0.15) is 0 Å². The molecule has 0 bridgehead atoms. The highest BCUT2D eigenvalue weighted by atomic mass is 32.1. The van der Waals surface area contributed by atoms with E-state index in [9.17, 15) is 0 Å². The summed E-state index contributed by atoms with van der Waals surface area (Å²) in [5.74, 6) is 0.867. The number of hydrogen-bond acceptors (Lipinski definition) is 3. The fraction of sp³-hybridized carbons (Fsp3) is 0.188. The molecule has 2 aromatic heterocycles. The molecule has 4 heteroatoms. The van der Waals surface area contributed by atoms with Crippen LogP contribution in [0, 0.1) is 6.92 Å². The first-order chi connectivity index (χ1) is 9.65. The van der Waals surface area contributed by atoms with Crippen LogP contribution in [0.5, 0.6) is 5.75 Å². The second-order valence-electron chi connectivity index (χ2n) is 4.86. The first-order valence-electron chi connectivity index (χ1n) is 6.45. The molecule has 0 amide bonds. The molecule has 0 spiro atoms. The third kappa shape index (κ3) is 2.34. The van der Waals surface area contributed by atoms with Crippen molar-refractivity contribution in [2.45, 2.75) is 13.8 Å². The molecule has 0 aliphatic carbocycles. The van der Waals surface area contributed by atoms with Gasteiger partial charge in [0.2, 0.25) is 0 Å². The highest BCUT2D eigenvalue weighted by Crippen LogP contribution is 2.31. The summed E-state index contributed by atoms with van der Waals surface area (Å²) in [6, 6.07) is 8.17. The summed E-state index contributed by atoms with van der Waals surface area (Å²) >= 11 is 1.71. The average Bonchev–Trinajstić information content (AvgIpc) is 2.97. The number of aromatic nitrogens is 2. The van der Waals surface area contributed by atoms with Crippen LogP contribution in [0.4, 0.5) is 0 Å². The van der Waals surface area contributed by atoms with Gasteiger partial charge in [0.05, 0.1) is 5.69 Å². The molecule has 0 fully saturated rings. The topological polar surface area (TPSA) is 26.5 Å². The Balaban J connectivity index is 1.92. The Morgan fingerprint density at radius 3 is 2.80 bits per heavy atom. The maximum atomic E-state index is 5.63. The van der Waals surface area contributed by atoms with Crippen LogP contribution in [0.1, 0.15) is 11.8 Å². The van der Waals surface area contributed by atoms with Crippen molar-refractivity contribution < 1.29 is 4.74 Å². The van der Waals surface area contributed by atoms with E-state index >= 15 is 0 Å². The minimum Gasteiger partial charge on any atom is -0.489 e. The van der Waals surface area contributed by atoms with Crippen molar-refractivity contribution in [3.63, 3.8) is 0 Å². The molecule has 0 unspecified atom stereocenters. The summed E-state index contributed by atoms with van der Waals surface area (Å²) < 4.78 is 7.76. The van der Waals surface area contributed by atoms with E-state index in [4.69, 9.17) is 4.74 Å².